The number of nitrogens with zero attached hydrogens (tertiary/aromatic N) is 3. The van der Waals surface area contributed by atoms with E-state index in [0.717, 1.165) is 43.2 Å². The molecule has 0 saturated carbocycles. The maximum Gasteiger partial charge on any atom is 0.273 e. The number of hydrogen-bond acceptors (Lipinski definition) is 4. The van der Waals surface area contributed by atoms with E-state index in [2.05, 4.69) is 34.1 Å². The number of benzene rings is 2. The first kappa shape index (κ1) is 18.8. The van der Waals surface area contributed by atoms with Crippen LogP contribution in [-0.2, 0) is 6.54 Å². The van der Waals surface area contributed by atoms with Crippen molar-refractivity contribution in [1.82, 2.24) is 14.8 Å². The molecule has 0 unspecified atom stereocenters. The lowest BCUT2D eigenvalue weighted by atomic mass is 10.2. The Morgan fingerprint density at radius 3 is 2.57 bits per heavy atom. The summed E-state index contributed by atoms with van der Waals surface area (Å²) in [6.07, 6.45) is 0.952. The Labute approximate surface area is 168 Å². The van der Waals surface area contributed by atoms with E-state index in [9.17, 15) is 9.18 Å². The molecule has 0 radical (unpaired) electrons. The van der Waals surface area contributed by atoms with Gasteiger partial charge in [-0.15, -0.1) is 11.3 Å². The first-order valence-corrected chi connectivity index (χ1v) is 10.3. The molecule has 0 bridgehead atoms. The molecule has 2 heterocycles. The summed E-state index contributed by atoms with van der Waals surface area (Å²) >= 11 is 1.42. The Bertz CT molecular complexity index is 926. The molecule has 0 N–H and O–H groups in total. The number of carbonyl (C=O) groups is 1. The summed E-state index contributed by atoms with van der Waals surface area (Å²) in [4.78, 5) is 21.7. The highest BCUT2D eigenvalue weighted by Crippen LogP contribution is 2.24. The normalized spacial score (nSPS) is 15.4. The van der Waals surface area contributed by atoms with E-state index in [1.165, 1.54) is 29.0 Å². The maximum absolute atomic E-state index is 13.1. The Balaban J connectivity index is 1.39. The molecule has 1 aliphatic rings. The van der Waals surface area contributed by atoms with Gasteiger partial charge in [0.05, 0.1) is 0 Å². The molecule has 0 aliphatic carbocycles. The lowest BCUT2D eigenvalue weighted by molar-refractivity contribution is 0.0756. The number of hydrogen-bond donors (Lipinski definition) is 0. The second-order valence-corrected chi connectivity index (χ2v) is 7.81. The van der Waals surface area contributed by atoms with Gasteiger partial charge in [-0.05, 0) is 36.2 Å². The minimum atomic E-state index is -0.277. The molecule has 28 heavy (non-hydrogen) atoms. The largest absolute Gasteiger partial charge is 0.336 e. The van der Waals surface area contributed by atoms with Gasteiger partial charge >= 0.3 is 0 Å². The van der Waals surface area contributed by atoms with E-state index in [0.29, 0.717) is 12.2 Å². The van der Waals surface area contributed by atoms with Gasteiger partial charge in [0, 0.05) is 43.7 Å². The predicted molar refractivity (Wildman–Crippen MR) is 110 cm³/mol. The quantitative estimate of drug-likeness (QED) is 0.661. The third-order valence-electron chi connectivity index (χ3n) is 4.94. The van der Waals surface area contributed by atoms with Crippen molar-refractivity contribution in [3.05, 3.63) is 77.1 Å². The number of halogens is 1. The van der Waals surface area contributed by atoms with Crippen molar-refractivity contribution in [2.45, 2.75) is 13.0 Å². The van der Waals surface area contributed by atoms with Gasteiger partial charge in [0.25, 0.3) is 5.91 Å². The molecule has 1 amide bonds. The zero-order chi connectivity index (χ0) is 19.3. The summed E-state index contributed by atoms with van der Waals surface area (Å²) < 4.78 is 13.1. The van der Waals surface area contributed by atoms with Crippen molar-refractivity contribution in [1.29, 1.82) is 0 Å². The van der Waals surface area contributed by atoms with E-state index in [-0.39, 0.29) is 11.7 Å². The lowest BCUT2D eigenvalue weighted by Crippen LogP contribution is -2.35. The Hall–Kier alpha value is -2.57. The van der Waals surface area contributed by atoms with Crippen LogP contribution in [0.4, 0.5) is 4.39 Å². The van der Waals surface area contributed by atoms with Gasteiger partial charge in [0.1, 0.15) is 16.5 Å². The minimum Gasteiger partial charge on any atom is -0.336 e. The molecule has 1 aromatic heterocycles. The van der Waals surface area contributed by atoms with Crippen LogP contribution in [0, 0.1) is 5.82 Å². The van der Waals surface area contributed by atoms with Crippen LogP contribution in [0.2, 0.25) is 0 Å². The summed E-state index contributed by atoms with van der Waals surface area (Å²) in [7, 11) is 0. The lowest BCUT2D eigenvalue weighted by Gasteiger charge is -2.21. The van der Waals surface area contributed by atoms with E-state index >= 15 is 0 Å². The molecule has 1 saturated heterocycles. The summed E-state index contributed by atoms with van der Waals surface area (Å²) in [6, 6.07) is 16.6. The Morgan fingerprint density at radius 2 is 1.79 bits per heavy atom. The summed E-state index contributed by atoms with van der Waals surface area (Å²) in [5.41, 5.74) is 2.60. The molecule has 4 nitrogen and oxygen atoms in total. The smallest absolute Gasteiger partial charge is 0.273 e. The fourth-order valence-electron chi connectivity index (χ4n) is 3.43. The van der Waals surface area contributed by atoms with Crippen LogP contribution >= 0.6 is 11.3 Å². The van der Waals surface area contributed by atoms with Crippen LogP contribution in [0.5, 0.6) is 0 Å². The molecule has 3 aromatic rings. The van der Waals surface area contributed by atoms with Crippen molar-refractivity contribution in [2.24, 2.45) is 0 Å². The standard InChI is InChI=1S/C22H22FN3OS/c23-19-9-7-18(8-10-19)21-24-20(16-28-21)22(27)26-12-4-11-25(13-14-26)15-17-5-2-1-3-6-17/h1-3,5-10,16H,4,11-15H2. The second-order valence-electron chi connectivity index (χ2n) is 6.95. The van der Waals surface area contributed by atoms with Crippen LogP contribution in [0.15, 0.2) is 60.0 Å². The SMILES string of the molecule is O=C(c1csc(-c2ccc(F)cc2)n1)N1CCCN(Cc2ccccc2)CC1. The first-order chi connectivity index (χ1) is 13.7. The molecular formula is C22H22FN3OS. The molecule has 2 aromatic carbocycles. The fourth-order valence-corrected chi connectivity index (χ4v) is 4.23. The number of amides is 1. The maximum atomic E-state index is 13.1. The molecule has 0 spiro atoms. The third-order valence-corrected chi connectivity index (χ3v) is 5.83. The van der Waals surface area contributed by atoms with E-state index in [1.54, 1.807) is 17.5 Å². The number of thiazole rings is 1. The molecular weight excluding hydrogens is 373 g/mol. The minimum absolute atomic E-state index is 0.0221. The average molecular weight is 396 g/mol. The molecule has 1 aliphatic heterocycles. The number of rotatable bonds is 4. The Kier molecular flexibility index (Phi) is 5.78. The summed E-state index contributed by atoms with van der Waals surface area (Å²) in [5.74, 6) is -0.299. The number of carbonyl (C=O) groups excluding carboxylic acids is 1. The molecule has 0 atom stereocenters. The van der Waals surface area contributed by atoms with Gasteiger partial charge in [-0.3, -0.25) is 9.69 Å². The fraction of sp³-hybridized carbons (Fsp3) is 0.273. The molecule has 1 fully saturated rings. The zero-order valence-electron chi connectivity index (χ0n) is 15.6. The second kappa shape index (κ2) is 8.63. The first-order valence-electron chi connectivity index (χ1n) is 9.46. The van der Waals surface area contributed by atoms with E-state index in [4.69, 9.17) is 0 Å². The van der Waals surface area contributed by atoms with Crippen molar-refractivity contribution in [3.8, 4) is 10.6 Å². The highest BCUT2D eigenvalue weighted by Gasteiger charge is 2.22. The predicted octanol–water partition coefficient (Wildman–Crippen LogP) is 4.30. The summed E-state index contributed by atoms with van der Waals surface area (Å²) in [5, 5.41) is 2.54. The topological polar surface area (TPSA) is 36.4 Å². The van der Waals surface area contributed by atoms with Crippen molar-refractivity contribution in [3.63, 3.8) is 0 Å². The average Bonchev–Trinajstić information content (AvgIpc) is 3.10. The zero-order valence-corrected chi connectivity index (χ0v) is 16.4. The molecule has 144 valence electrons. The summed E-state index contributed by atoms with van der Waals surface area (Å²) in [6.45, 7) is 4.20. The van der Waals surface area contributed by atoms with E-state index in [1.807, 2.05) is 11.0 Å². The van der Waals surface area contributed by atoms with Crippen LogP contribution in [-0.4, -0.2) is 46.9 Å². The highest BCUT2D eigenvalue weighted by molar-refractivity contribution is 7.13. The van der Waals surface area contributed by atoms with Crippen LogP contribution < -0.4 is 0 Å². The van der Waals surface area contributed by atoms with Crippen LogP contribution in [0.3, 0.4) is 0 Å². The van der Waals surface area contributed by atoms with Gasteiger partial charge in [-0.2, -0.15) is 0 Å². The monoisotopic (exact) mass is 395 g/mol. The van der Waals surface area contributed by atoms with Crippen LogP contribution in [0.1, 0.15) is 22.5 Å². The highest BCUT2D eigenvalue weighted by atomic mass is 32.1. The molecule has 4 rings (SSSR count). The molecule has 6 heteroatoms. The van der Waals surface area contributed by atoms with Crippen LogP contribution in [0.25, 0.3) is 10.6 Å². The van der Waals surface area contributed by atoms with Gasteiger partial charge in [0.15, 0.2) is 0 Å². The number of aromatic nitrogens is 1. The van der Waals surface area contributed by atoms with Gasteiger partial charge in [-0.1, -0.05) is 30.3 Å². The van der Waals surface area contributed by atoms with Crippen molar-refractivity contribution < 1.29 is 9.18 Å². The van der Waals surface area contributed by atoms with Gasteiger partial charge in [-0.25, -0.2) is 9.37 Å². The van der Waals surface area contributed by atoms with E-state index < -0.39 is 0 Å². The van der Waals surface area contributed by atoms with Crippen molar-refractivity contribution in [2.75, 3.05) is 26.2 Å². The van der Waals surface area contributed by atoms with Gasteiger partial charge in [0.2, 0.25) is 0 Å². The van der Waals surface area contributed by atoms with Gasteiger partial charge < -0.3 is 4.90 Å². The van der Waals surface area contributed by atoms with Crippen molar-refractivity contribution >= 4 is 17.2 Å². The Morgan fingerprint density at radius 1 is 1.00 bits per heavy atom. The third kappa shape index (κ3) is 4.46.